The molecule has 1 amide bonds. The Balaban J connectivity index is 1.82. The van der Waals surface area contributed by atoms with Crippen LogP contribution in [0, 0.1) is 0 Å². The van der Waals surface area contributed by atoms with E-state index in [2.05, 4.69) is 10.3 Å². The van der Waals surface area contributed by atoms with Crippen molar-refractivity contribution in [3.63, 3.8) is 0 Å². The zero-order valence-corrected chi connectivity index (χ0v) is 12.2. The number of fused-ring (bicyclic) bond motifs is 1. The monoisotopic (exact) mass is 292 g/mol. The molecular formula is C18H16N2O2. The van der Waals surface area contributed by atoms with Gasteiger partial charge in [0, 0.05) is 34.8 Å². The lowest BCUT2D eigenvalue weighted by molar-refractivity contribution is 0.0949. The van der Waals surface area contributed by atoms with Crippen molar-refractivity contribution in [1.82, 2.24) is 10.3 Å². The third kappa shape index (κ3) is 2.76. The van der Waals surface area contributed by atoms with E-state index in [4.69, 9.17) is 0 Å². The molecule has 3 aromatic rings. The number of carbonyl (C=O) groups is 2. The van der Waals surface area contributed by atoms with Crippen LogP contribution in [0.2, 0.25) is 0 Å². The summed E-state index contributed by atoms with van der Waals surface area (Å²) in [4.78, 5) is 26.9. The van der Waals surface area contributed by atoms with Gasteiger partial charge in [-0.15, -0.1) is 0 Å². The Morgan fingerprint density at radius 1 is 1.09 bits per heavy atom. The quantitative estimate of drug-likeness (QED) is 0.725. The van der Waals surface area contributed by atoms with Crippen LogP contribution >= 0.6 is 0 Å². The van der Waals surface area contributed by atoms with Gasteiger partial charge in [-0.25, -0.2) is 0 Å². The SMILES string of the molecule is CC(=O)c1c[nH]c2ccc(C(=O)NCc3ccccc3)cc12. The number of rotatable bonds is 4. The molecule has 3 rings (SSSR count). The van der Waals surface area contributed by atoms with E-state index in [0.29, 0.717) is 17.7 Å². The van der Waals surface area contributed by atoms with Crippen molar-refractivity contribution < 1.29 is 9.59 Å². The molecule has 22 heavy (non-hydrogen) atoms. The van der Waals surface area contributed by atoms with Gasteiger partial charge in [0.05, 0.1) is 0 Å². The van der Waals surface area contributed by atoms with Crippen molar-refractivity contribution in [1.29, 1.82) is 0 Å². The van der Waals surface area contributed by atoms with E-state index in [9.17, 15) is 9.59 Å². The summed E-state index contributed by atoms with van der Waals surface area (Å²) in [5.74, 6) is -0.172. The van der Waals surface area contributed by atoms with Gasteiger partial charge in [0.1, 0.15) is 0 Å². The third-order valence-electron chi connectivity index (χ3n) is 3.62. The number of hydrogen-bond acceptors (Lipinski definition) is 2. The molecule has 2 aromatic carbocycles. The fraction of sp³-hybridized carbons (Fsp3) is 0.111. The highest BCUT2D eigenvalue weighted by Gasteiger charge is 2.11. The van der Waals surface area contributed by atoms with E-state index in [0.717, 1.165) is 16.5 Å². The zero-order chi connectivity index (χ0) is 15.5. The summed E-state index contributed by atoms with van der Waals surface area (Å²) in [6.45, 7) is 2.00. The predicted octanol–water partition coefficient (Wildman–Crippen LogP) is 3.30. The first-order chi connectivity index (χ1) is 10.6. The molecule has 1 aromatic heterocycles. The second-order valence-electron chi connectivity index (χ2n) is 5.19. The Morgan fingerprint density at radius 2 is 1.86 bits per heavy atom. The van der Waals surface area contributed by atoms with E-state index in [1.165, 1.54) is 6.92 Å². The summed E-state index contributed by atoms with van der Waals surface area (Å²) >= 11 is 0. The molecule has 0 aliphatic rings. The Hall–Kier alpha value is -2.88. The number of Topliss-reactive ketones (excluding diaryl/α,β-unsaturated/α-hetero) is 1. The van der Waals surface area contributed by atoms with Gasteiger partial charge in [-0.2, -0.15) is 0 Å². The molecule has 4 nitrogen and oxygen atoms in total. The van der Waals surface area contributed by atoms with Crippen molar-refractivity contribution in [2.45, 2.75) is 13.5 Å². The molecule has 0 saturated carbocycles. The highest BCUT2D eigenvalue weighted by Crippen LogP contribution is 2.20. The van der Waals surface area contributed by atoms with Crippen LogP contribution in [0.3, 0.4) is 0 Å². The van der Waals surface area contributed by atoms with Crippen LogP contribution in [-0.2, 0) is 6.54 Å². The van der Waals surface area contributed by atoms with Crippen molar-refractivity contribution in [3.8, 4) is 0 Å². The van der Waals surface area contributed by atoms with Gasteiger partial charge >= 0.3 is 0 Å². The fourth-order valence-corrected chi connectivity index (χ4v) is 2.43. The van der Waals surface area contributed by atoms with Crippen LogP contribution in [0.1, 0.15) is 33.2 Å². The fourth-order valence-electron chi connectivity index (χ4n) is 2.43. The summed E-state index contributed by atoms with van der Waals surface area (Å²) in [7, 11) is 0. The molecule has 0 saturated heterocycles. The smallest absolute Gasteiger partial charge is 0.251 e. The lowest BCUT2D eigenvalue weighted by atomic mass is 10.1. The van der Waals surface area contributed by atoms with E-state index in [-0.39, 0.29) is 11.7 Å². The summed E-state index contributed by atoms with van der Waals surface area (Å²) < 4.78 is 0. The first-order valence-corrected chi connectivity index (χ1v) is 7.09. The van der Waals surface area contributed by atoms with Gasteiger partial charge in [0.2, 0.25) is 0 Å². The number of H-pyrrole nitrogens is 1. The summed E-state index contributed by atoms with van der Waals surface area (Å²) in [6, 6.07) is 15.1. The van der Waals surface area contributed by atoms with Crippen LogP contribution in [0.15, 0.2) is 54.7 Å². The number of aromatic nitrogens is 1. The molecule has 1 heterocycles. The topological polar surface area (TPSA) is 62.0 Å². The molecule has 0 aliphatic heterocycles. The lowest BCUT2D eigenvalue weighted by Crippen LogP contribution is -2.22. The van der Waals surface area contributed by atoms with Crippen molar-refractivity contribution >= 4 is 22.6 Å². The zero-order valence-electron chi connectivity index (χ0n) is 12.2. The van der Waals surface area contributed by atoms with E-state index < -0.39 is 0 Å². The molecular weight excluding hydrogens is 276 g/mol. The second kappa shape index (κ2) is 5.85. The molecule has 0 bridgehead atoms. The van der Waals surface area contributed by atoms with Crippen molar-refractivity contribution in [2.75, 3.05) is 0 Å². The Kier molecular flexibility index (Phi) is 3.74. The van der Waals surface area contributed by atoms with E-state index in [1.807, 2.05) is 36.4 Å². The molecule has 0 aliphatic carbocycles. The summed E-state index contributed by atoms with van der Waals surface area (Å²) in [6.07, 6.45) is 1.68. The van der Waals surface area contributed by atoms with Crippen LogP contribution in [0.5, 0.6) is 0 Å². The van der Waals surface area contributed by atoms with Gasteiger partial charge in [0.25, 0.3) is 5.91 Å². The standard InChI is InChI=1S/C18H16N2O2/c1-12(21)16-11-19-17-8-7-14(9-15(16)17)18(22)20-10-13-5-3-2-4-6-13/h2-9,11,19H,10H2,1H3,(H,20,22). The van der Waals surface area contributed by atoms with Crippen LogP contribution < -0.4 is 5.32 Å². The van der Waals surface area contributed by atoms with Crippen LogP contribution in [0.25, 0.3) is 10.9 Å². The minimum Gasteiger partial charge on any atom is -0.360 e. The van der Waals surface area contributed by atoms with Gasteiger partial charge < -0.3 is 10.3 Å². The highest BCUT2D eigenvalue weighted by atomic mass is 16.1. The molecule has 0 atom stereocenters. The van der Waals surface area contributed by atoms with Crippen molar-refractivity contribution in [2.24, 2.45) is 0 Å². The third-order valence-corrected chi connectivity index (χ3v) is 3.62. The number of benzene rings is 2. The Morgan fingerprint density at radius 3 is 2.59 bits per heavy atom. The van der Waals surface area contributed by atoms with E-state index >= 15 is 0 Å². The molecule has 0 unspecified atom stereocenters. The normalized spacial score (nSPS) is 10.6. The average Bonchev–Trinajstić information content (AvgIpc) is 2.96. The summed E-state index contributed by atoms with van der Waals surface area (Å²) in [5.41, 5.74) is 3.05. The molecule has 2 N–H and O–H groups in total. The first-order valence-electron chi connectivity index (χ1n) is 7.09. The van der Waals surface area contributed by atoms with Crippen LogP contribution in [0.4, 0.5) is 0 Å². The summed E-state index contributed by atoms with van der Waals surface area (Å²) in [5, 5.41) is 3.66. The lowest BCUT2D eigenvalue weighted by Gasteiger charge is -2.06. The minimum absolute atomic E-state index is 0.0203. The van der Waals surface area contributed by atoms with Crippen molar-refractivity contribution in [3.05, 3.63) is 71.4 Å². The predicted molar refractivity (Wildman–Crippen MR) is 85.9 cm³/mol. The minimum atomic E-state index is -0.151. The van der Waals surface area contributed by atoms with E-state index in [1.54, 1.807) is 18.3 Å². The second-order valence-corrected chi connectivity index (χ2v) is 5.19. The van der Waals surface area contributed by atoms with Gasteiger partial charge in [-0.05, 0) is 30.7 Å². The Bertz CT molecular complexity index is 835. The number of amides is 1. The molecule has 4 heteroatoms. The Labute approximate surface area is 128 Å². The molecule has 110 valence electrons. The first kappa shape index (κ1) is 14.1. The maximum absolute atomic E-state index is 12.3. The highest BCUT2D eigenvalue weighted by molar-refractivity contribution is 6.08. The number of aromatic amines is 1. The molecule has 0 fully saturated rings. The molecule has 0 radical (unpaired) electrons. The average molecular weight is 292 g/mol. The number of carbonyl (C=O) groups excluding carboxylic acids is 2. The van der Waals surface area contributed by atoms with Crippen LogP contribution in [-0.4, -0.2) is 16.7 Å². The van der Waals surface area contributed by atoms with Gasteiger partial charge in [-0.1, -0.05) is 30.3 Å². The maximum Gasteiger partial charge on any atom is 0.251 e. The number of nitrogens with one attached hydrogen (secondary N) is 2. The number of hydrogen-bond donors (Lipinski definition) is 2. The number of ketones is 1. The maximum atomic E-state index is 12.3. The largest absolute Gasteiger partial charge is 0.360 e. The molecule has 0 spiro atoms. The van der Waals surface area contributed by atoms with Gasteiger partial charge in [0.15, 0.2) is 5.78 Å². The van der Waals surface area contributed by atoms with Gasteiger partial charge in [-0.3, -0.25) is 9.59 Å².